The van der Waals surface area contributed by atoms with Crippen LogP contribution in [0.1, 0.15) is 16.7 Å². The fourth-order valence-corrected chi connectivity index (χ4v) is 3.89. The van der Waals surface area contributed by atoms with Gasteiger partial charge in [-0.05, 0) is 47.6 Å². The molecule has 3 rings (SSSR count). The van der Waals surface area contributed by atoms with Gasteiger partial charge in [0.2, 0.25) is 5.91 Å². The van der Waals surface area contributed by atoms with Gasteiger partial charge in [0.25, 0.3) is 0 Å². The van der Waals surface area contributed by atoms with E-state index in [4.69, 9.17) is 0 Å². The summed E-state index contributed by atoms with van der Waals surface area (Å²) in [5.41, 5.74) is 4.17. The summed E-state index contributed by atoms with van der Waals surface area (Å²) in [6.45, 7) is 1.38. The Morgan fingerprint density at radius 3 is 2.82 bits per heavy atom. The van der Waals surface area contributed by atoms with Crippen molar-refractivity contribution < 1.29 is 9.18 Å². The van der Waals surface area contributed by atoms with E-state index in [0.29, 0.717) is 19.0 Å². The molecule has 1 amide bonds. The molecule has 2 N–H and O–H groups in total. The van der Waals surface area contributed by atoms with Gasteiger partial charge in [0.15, 0.2) is 5.96 Å². The predicted octanol–water partition coefficient (Wildman–Crippen LogP) is 2.94. The third kappa shape index (κ3) is 4.84. The van der Waals surface area contributed by atoms with Gasteiger partial charge in [0, 0.05) is 31.6 Å². The van der Waals surface area contributed by atoms with Crippen molar-refractivity contribution in [1.82, 2.24) is 10.6 Å². The van der Waals surface area contributed by atoms with Gasteiger partial charge in [-0.3, -0.25) is 9.79 Å². The van der Waals surface area contributed by atoms with Crippen LogP contribution in [0.4, 0.5) is 10.1 Å². The maximum absolute atomic E-state index is 13.5. The summed E-state index contributed by atoms with van der Waals surface area (Å²) >= 11 is 1.65. The zero-order valence-corrected chi connectivity index (χ0v) is 17.0. The number of nitrogens with one attached hydrogen (secondary N) is 2. The molecule has 0 unspecified atom stereocenters. The molecule has 0 radical (unpaired) electrons. The molecule has 5 nitrogen and oxygen atoms in total. The van der Waals surface area contributed by atoms with E-state index in [1.165, 1.54) is 11.6 Å². The first kappa shape index (κ1) is 20.2. The van der Waals surface area contributed by atoms with Crippen LogP contribution in [-0.4, -0.2) is 38.3 Å². The van der Waals surface area contributed by atoms with Crippen molar-refractivity contribution in [2.45, 2.75) is 18.7 Å². The molecule has 0 fully saturated rings. The van der Waals surface area contributed by atoms with E-state index in [1.807, 2.05) is 29.4 Å². The largest absolute Gasteiger partial charge is 0.352 e. The van der Waals surface area contributed by atoms with Crippen molar-refractivity contribution >= 4 is 29.3 Å². The van der Waals surface area contributed by atoms with Crippen LogP contribution >= 0.6 is 11.8 Å². The Labute approximate surface area is 169 Å². The predicted molar refractivity (Wildman–Crippen MR) is 114 cm³/mol. The van der Waals surface area contributed by atoms with Gasteiger partial charge in [-0.1, -0.05) is 24.3 Å². The monoisotopic (exact) mass is 400 g/mol. The van der Waals surface area contributed by atoms with Crippen molar-refractivity contribution in [2.24, 2.45) is 4.99 Å². The van der Waals surface area contributed by atoms with E-state index in [2.05, 4.69) is 21.7 Å². The molecular formula is C21H25FN4OS. The molecule has 0 saturated heterocycles. The second-order valence-corrected chi connectivity index (χ2v) is 7.42. The Kier molecular flexibility index (Phi) is 6.92. The number of hydrogen-bond acceptors (Lipinski definition) is 3. The van der Waals surface area contributed by atoms with Crippen molar-refractivity contribution in [3.63, 3.8) is 0 Å². The quantitative estimate of drug-likeness (QED) is 0.578. The van der Waals surface area contributed by atoms with Crippen LogP contribution in [0.15, 0.2) is 47.5 Å². The third-order valence-corrected chi connectivity index (χ3v) is 5.33. The Bertz CT molecular complexity index is 871. The number of amides is 1. The minimum absolute atomic E-state index is 0.0118. The second kappa shape index (κ2) is 9.59. The first-order valence-corrected chi connectivity index (χ1v) is 10.6. The van der Waals surface area contributed by atoms with Crippen LogP contribution < -0.4 is 15.5 Å². The lowest BCUT2D eigenvalue weighted by Gasteiger charge is -2.19. The van der Waals surface area contributed by atoms with Gasteiger partial charge in [0.05, 0.1) is 6.54 Å². The highest BCUT2D eigenvalue weighted by Gasteiger charge is 2.23. The van der Waals surface area contributed by atoms with Gasteiger partial charge in [-0.15, -0.1) is 0 Å². The summed E-state index contributed by atoms with van der Waals surface area (Å²) in [4.78, 5) is 18.6. The number of para-hydroxylation sites is 1. The molecule has 148 valence electrons. The normalized spacial score (nSPS) is 13.4. The summed E-state index contributed by atoms with van der Waals surface area (Å²) < 4.78 is 13.5. The van der Waals surface area contributed by atoms with E-state index < -0.39 is 0 Å². The van der Waals surface area contributed by atoms with Crippen molar-refractivity contribution in [2.75, 3.05) is 31.3 Å². The number of carbonyl (C=O) groups excluding carboxylic acids is 1. The summed E-state index contributed by atoms with van der Waals surface area (Å²) in [6, 6.07) is 12.8. The number of carbonyl (C=O) groups is 1. The Hall–Kier alpha value is -2.54. The highest BCUT2D eigenvalue weighted by molar-refractivity contribution is 7.97. The first-order chi connectivity index (χ1) is 13.6. The molecule has 7 heteroatoms. The Morgan fingerprint density at radius 1 is 1.21 bits per heavy atom. The molecule has 2 aromatic rings. The molecule has 0 aliphatic carbocycles. The van der Waals surface area contributed by atoms with Gasteiger partial charge < -0.3 is 15.5 Å². The molecule has 1 heterocycles. The molecule has 0 bridgehead atoms. The number of nitrogens with zero attached hydrogens (tertiary/aromatic N) is 2. The van der Waals surface area contributed by atoms with E-state index in [9.17, 15) is 9.18 Å². The molecular weight excluding hydrogens is 375 g/mol. The molecule has 28 heavy (non-hydrogen) atoms. The third-order valence-electron chi connectivity index (χ3n) is 4.73. The van der Waals surface area contributed by atoms with Crippen LogP contribution in [0.3, 0.4) is 0 Å². The maximum Gasteiger partial charge on any atom is 0.246 e. The highest BCUT2D eigenvalue weighted by Crippen LogP contribution is 2.27. The fraction of sp³-hybridized carbons (Fsp3) is 0.333. The number of anilines is 1. The number of halogens is 1. The van der Waals surface area contributed by atoms with E-state index in [0.717, 1.165) is 29.0 Å². The first-order valence-electron chi connectivity index (χ1n) is 9.21. The van der Waals surface area contributed by atoms with Crippen molar-refractivity contribution in [3.05, 3.63) is 65.0 Å². The topological polar surface area (TPSA) is 56.7 Å². The van der Waals surface area contributed by atoms with Gasteiger partial charge in [0.1, 0.15) is 5.82 Å². The summed E-state index contributed by atoms with van der Waals surface area (Å²) in [5.74, 6) is 1.07. The minimum Gasteiger partial charge on any atom is -0.352 e. The summed E-state index contributed by atoms with van der Waals surface area (Å²) in [6.07, 6.45) is 2.88. The number of benzene rings is 2. The van der Waals surface area contributed by atoms with Gasteiger partial charge in [-0.2, -0.15) is 11.8 Å². The maximum atomic E-state index is 13.5. The lowest BCUT2D eigenvalue weighted by Crippen LogP contribution is -2.44. The summed E-state index contributed by atoms with van der Waals surface area (Å²) in [5, 5.41) is 6.28. The molecule has 1 aliphatic rings. The van der Waals surface area contributed by atoms with Gasteiger partial charge in [-0.25, -0.2) is 4.39 Å². The molecule has 0 aromatic heterocycles. The lowest BCUT2D eigenvalue weighted by atomic mass is 10.1. The lowest BCUT2D eigenvalue weighted by molar-refractivity contribution is -0.117. The van der Waals surface area contributed by atoms with Crippen molar-refractivity contribution in [1.29, 1.82) is 0 Å². The van der Waals surface area contributed by atoms with E-state index in [1.54, 1.807) is 30.9 Å². The summed E-state index contributed by atoms with van der Waals surface area (Å²) in [7, 11) is 1.67. The van der Waals surface area contributed by atoms with Crippen molar-refractivity contribution in [3.8, 4) is 0 Å². The molecule has 0 saturated carbocycles. The number of hydrogen-bond donors (Lipinski definition) is 2. The fourth-order valence-electron chi connectivity index (χ4n) is 3.31. The smallest absolute Gasteiger partial charge is 0.246 e. The van der Waals surface area contributed by atoms with Crippen LogP contribution in [0, 0.1) is 5.82 Å². The van der Waals surface area contributed by atoms with Crippen LogP contribution in [0.2, 0.25) is 0 Å². The Balaban J connectivity index is 1.55. The zero-order chi connectivity index (χ0) is 19.9. The number of aliphatic imine (C=N–C) groups is 1. The second-order valence-electron chi connectivity index (χ2n) is 6.55. The van der Waals surface area contributed by atoms with Crippen LogP contribution in [0.25, 0.3) is 0 Å². The van der Waals surface area contributed by atoms with Crippen LogP contribution in [0.5, 0.6) is 0 Å². The molecule has 0 atom stereocenters. The zero-order valence-electron chi connectivity index (χ0n) is 16.2. The molecule has 0 spiro atoms. The SMILES string of the molecule is CN=C(NCC(=O)N1CCc2ccccc21)NCc1ccc(F)cc1CSC. The average Bonchev–Trinajstić information content (AvgIpc) is 3.13. The van der Waals surface area contributed by atoms with Gasteiger partial charge >= 0.3 is 0 Å². The Morgan fingerprint density at radius 2 is 2.04 bits per heavy atom. The number of fused-ring (bicyclic) bond motifs is 1. The standard InChI is InChI=1S/C21H25FN4OS/c1-23-21(24-12-16-7-8-18(22)11-17(16)14-28-2)25-13-20(27)26-10-9-15-5-3-4-6-19(15)26/h3-8,11H,9-10,12-14H2,1-2H3,(H2,23,24,25). The number of guanidine groups is 1. The van der Waals surface area contributed by atoms with E-state index >= 15 is 0 Å². The molecule has 2 aromatic carbocycles. The number of thioether (sulfide) groups is 1. The minimum atomic E-state index is -0.230. The highest BCUT2D eigenvalue weighted by atomic mass is 32.2. The van der Waals surface area contributed by atoms with E-state index in [-0.39, 0.29) is 18.3 Å². The average molecular weight is 401 g/mol. The molecule has 1 aliphatic heterocycles. The van der Waals surface area contributed by atoms with Crippen LogP contribution in [-0.2, 0) is 23.5 Å². The number of rotatable bonds is 6.